The summed E-state index contributed by atoms with van der Waals surface area (Å²) in [4.78, 5) is 4.83. The van der Waals surface area contributed by atoms with Gasteiger partial charge in [-0.2, -0.15) is 0 Å². The number of aliphatic imine (C=N–C) groups is 1. The zero-order valence-electron chi connectivity index (χ0n) is 16.8. The third-order valence-electron chi connectivity index (χ3n) is 5.56. The van der Waals surface area contributed by atoms with Crippen LogP contribution in [0.2, 0.25) is 0 Å². The van der Waals surface area contributed by atoms with Crippen LogP contribution in [0.15, 0.2) is 47.5 Å². The molecular formula is C23H28FN3O2. The van der Waals surface area contributed by atoms with Gasteiger partial charge >= 0.3 is 0 Å². The number of rotatable bonds is 7. The van der Waals surface area contributed by atoms with Crippen molar-refractivity contribution in [2.45, 2.75) is 38.2 Å². The van der Waals surface area contributed by atoms with E-state index in [0.29, 0.717) is 19.6 Å². The molecule has 0 spiro atoms. The average molecular weight is 397 g/mol. The Morgan fingerprint density at radius 3 is 2.76 bits per heavy atom. The SMILES string of the molecule is CCNC(=NCC1(c2ccccc2)CC1)NCCc1cc(F)cc2c1OCOC2. The molecule has 0 unspecified atom stereocenters. The zero-order chi connectivity index (χ0) is 20.1. The van der Waals surface area contributed by atoms with Gasteiger partial charge in [0.1, 0.15) is 11.6 Å². The highest BCUT2D eigenvalue weighted by Crippen LogP contribution is 2.48. The lowest BCUT2D eigenvalue weighted by molar-refractivity contribution is -0.0172. The molecule has 0 atom stereocenters. The summed E-state index contributed by atoms with van der Waals surface area (Å²) in [5.41, 5.74) is 3.17. The van der Waals surface area contributed by atoms with E-state index in [0.717, 1.165) is 35.9 Å². The lowest BCUT2D eigenvalue weighted by atomic mass is 9.96. The number of benzene rings is 2. The van der Waals surface area contributed by atoms with E-state index in [-0.39, 0.29) is 18.0 Å². The molecule has 1 fully saturated rings. The number of nitrogens with one attached hydrogen (secondary N) is 2. The zero-order valence-corrected chi connectivity index (χ0v) is 16.8. The van der Waals surface area contributed by atoms with Gasteiger partial charge in [0.15, 0.2) is 12.8 Å². The highest BCUT2D eigenvalue weighted by molar-refractivity contribution is 5.79. The first-order valence-corrected chi connectivity index (χ1v) is 10.3. The largest absolute Gasteiger partial charge is 0.467 e. The number of hydrogen-bond acceptors (Lipinski definition) is 3. The van der Waals surface area contributed by atoms with Gasteiger partial charge in [-0.25, -0.2) is 4.39 Å². The maximum Gasteiger partial charge on any atom is 0.191 e. The average Bonchev–Trinajstić information content (AvgIpc) is 3.54. The molecule has 154 valence electrons. The molecule has 1 heterocycles. The standard InChI is InChI=1S/C23H28FN3O2/c1-2-25-22(27-15-23(9-10-23)19-6-4-3-5-7-19)26-11-8-17-12-20(24)13-18-14-28-16-29-21(17)18/h3-7,12-13H,2,8-11,14-16H2,1H3,(H2,25,26,27). The number of guanidine groups is 1. The van der Waals surface area contributed by atoms with Gasteiger partial charge in [-0.15, -0.1) is 0 Å². The van der Waals surface area contributed by atoms with Gasteiger partial charge in [-0.05, 0) is 49.4 Å². The van der Waals surface area contributed by atoms with Crippen LogP contribution >= 0.6 is 0 Å². The van der Waals surface area contributed by atoms with Crippen molar-refractivity contribution in [3.05, 3.63) is 65.0 Å². The van der Waals surface area contributed by atoms with Crippen LogP contribution in [0, 0.1) is 5.82 Å². The topological polar surface area (TPSA) is 54.9 Å². The second-order valence-electron chi connectivity index (χ2n) is 7.68. The predicted molar refractivity (Wildman–Crippen MR) is 112 cm³/mol. The van der Waals surface area contributed by atoms with Gasteiger partial charge in [0.25, 0.3) is 0 Å². The van der Waals surface area contributed by atoms with Crippen LogP contribution in [0.1, 0.15) is 36.5 Å². The molecule has 0 aromatic heterocycles. The molecule has 0 bridgehead atoms. The first-order valence-electron chi connectivity index (χ1n) is 10.3. The lowest BCUT2D eigenvalue weighted by Crippen LogP contribution is -2.39. The summed E-state index contributed by atoms with van der Waals surface area (Å²) in [6.45, 7) is 4.86. The molecule has 5 nitrogen and oxygen atoms in total. The number of hydrogen-bond donors (Lipinski definition) is 2. The highest BCUT2D eigenvalue weighted by atomic mass is 19.1. The van der Waals surface area contributed by atoms with E-state index >= 15 is 0 Å². The molecule has 2 aliphatic rings. The van der Waals surface area contributed by atoms with Crippen molar-refractivity contribution in [3.8, 4) is 5.75 Å². The van der Waals surface area contributed by atoms with Gasteiger partial charge < -0.3 is 20.1 Å². The Morgan fingerprint density at radius 1 is 1.17 bits per heavy atom. The summed E-state index contributed by atoms with van der Waals surface area (Å²) in [6.07, 6.45) is 3.00. The summed E-state index contributed by atoms with van der Waals surface area (Å²) < 4.78 is 24.8. The van der Waals surface area contributed by atoms with E-state index in [1.165, 1.54) is 24.5 Å². The monoisotopic (exact) mass is 397 g/mol. The molecular weight excluding hydrogens is 369 g/mol. The van der Waals surface area contributed by atoms with Gasteiger partial charge in [-0.1, -0.05) is 30.3 Å². The minimum atomic E-state index is -0.257. The lowest BCUT2D eigenvalue weighted by Gasteiger charge is -2.21. The molecule has 2 aromatic rings. The second kappa shape index (κ2) is 8.82. The van der Waals surface area contributed by atoms with Crippen LogP contribution in [0.3, 0.4) is 0 Å². The molecule has 0 radical (unpaired) electrons. The molecule has 1 aliphatic heterocycles. The Hall–Kier alpha value is -2.60. The highest BCUT2D eigenvalue weighted by Gasteiger charge is 2.43. The van der Waals surface area contributed by atoms with E-state index in [2.05, 4.69) is 47.9 Å². The van der Waals surface area contributed by atoms with Gasteiger partial charge in [-0.3, -0.25) is 4.99 Å². The number of nitrogens with zero attached hydrogens (tertiary/aromatic N) is 1. The molecule has 2 aromatic carbocycles. The molecule has 0 amide bonds. The van der Waals surface area contributed by atoms with Crippen LogP contribution in [0.5, 0.6) is 5.75 Å². The van der Waals surface area contributed by atoms with Crippen molar-refractivity contribution in [1.29, 1.82) is 0 Å². The van der Waals surface area contributed by atoms with Crippen LogP contribution in [0.25, 0.3) is 0 Å². The fourth-order valence-electron chi connectivity index (χ4n) is 3.81. The van der Waals surface area contributed by atoms with Crippen molar-refractivity contribution in [3.63, 3.8) is 0 Å². The Morgan fingerprint density at radius 2 is 2.00 bits per heavy atom. The molecule has 29 heavy (non-hydrogen) atoms. The van der Waals surface area contributed by atoms with Crippen molar-refractivity contribution in [1.82, 2.24) is 10.6 Å². The Balaban J connectivity index is 1.38. The van der Waals surface area contributed by atoms with E-state index in [1.54, 1.807) is 6.07 Å². The summed E-state index contributed by atoms with van der Waals surface area (Å²) in [5, 5.41) is 6.68. The molecule has 1 aliphatic carbocycles. The van der Waals surface area contributed by atoms with E-state index in [4.69, 9.17) is 14.5 Å². The summed E-state index contributed by atoms with van der Waals surface area (Å²) in [7, 11) is 0. The van der Waals surface area contributed by atoms with Crippen LogP contribution in [-0.4, -0.2) is 32.4 Å². The smallest absolute Gasteiger partial charge is 0.191 e. The molecule has 6 heteroatoms. The normalized spacial score (nSPS) is 17.2. The van der Waals surface area contributed by atoms with Crippen molar-refractivity contribution < 1.29 is 13.9 Å². The van der Waals surface area contributed by atoms with Crippen molar-refractivity contribution >= 4 is 5.96 Å². The van der Waals surface area contributed by atoms with E-state index < -0.39 is 0 Å². The Bertz CT molecular complexity index is 866. The Labute approximate surface area is 171 Å². The fourth-order valence-corrected chi connectivity index (χ4v) is 3.81. The number of ether oxygens (including phenoxy) is 2. The van der Waals surface area contributed by atoms with Crippen molar-refractivity contribution in [2.24, 2.45) is 4.99 Å². The molecule has 0 saturated heterocycles. The molecule has 1 saturated carbocycles. The van der Waals surface area contributed by atoms with Crippen LogP contribution < -0.4 is 15.4 Å². The fraction of sp³-hybridized carbons (Fsp3) is 0.435. The van der Waals surface area contributed by atoms with Crippen molar-refractivity contribution in [2.75, 3.05) is 26.4 Å². The third-order valence-corrected chi connectivity index (χ3v) is 5.56. The van der Waals surface area contributed by atoms with E-state index in [1.807, 2.05) is 0 Å². The summed E-state index contributed by atoms with van der Waals surface area (Å²) >= 11 is 0. The molecule has 2 N–H and O–H groups in total. The number of fused-ring (bicyclic) bond motifs is 1. The third kappa shape index (κ3) is 4.70. The minimum Gasteiger partial charge on any atom is -0.467 e. The second-order valence-corrected chi connectivity index (χ2v) is 7.68. The van der Waals surface area contributed by atoms with Gasteiger partial charge in [0.05, 0.1) is 13.2 Å². The minimum absolute atomic E-state index is 0.180. The van der Waals surface area contributed by atoms with Crippen LogP contribution in [0.4, 0.5) is 4.39 Å². The predicted octanol–water partition coefficient (Wildman–Crippen LogP) is 3.52. The van der Waals surface area contributed by atoms with E-state index in [9.17, 15) is 4.39 Å². The Kier molecular flexibility index (Phi) is 6.00. The maximum atomic E-state index is 13.9. The van der Waals surface area contributed by atoms with Gasteiger partial charge in [0, 0.05) is 24.1 Å². The quantitative estimate of drug-likeness (QED) is 0.554. The molecule has 4 rings (SSSR count). The van der Waals surface area contributed by atoms with Gasteiger partial charge in [0.2, 0.25) is 0 Å². The maximum absolute atomic E-state index is 13.9. The first-order chi connectivity index (χ1) is 14.2. The first kappa shape index (κ1) is 19.7. The summed E-state index contributed by atoms with van der Waals surface area (Å²) in [5.74, 6) is 1.29. The van der Waals surface area contributed by atoms with Crippen LogP contribution in [-0.2, 0) is 23.2 Å². The summed E-state index contributed by atoms with van der Waals surface area (Å²) in [6, 6.07) is 13.7. The number of halogens is 1.